The molecule has 1 atom stereocenters. The number of nitrogens with zero attached hydrogens (tertiary/aromatic N) is 1. The molecule has 28 heavy (non-hydrogen) atoms. The molecule has 158 valence electrons. The number of hydrogen-bond donors (Lipinski definition) is 2. The Kier molecular flexibility index (Phi) is 9.35. The molecule has 1 fully saturated rings. The zero-order valence-corrected chi connectivity index (χ0v) is 17.8. The Morgan fingerprint density at radius 2 is 2.04 bits per heavy atom. The van der Waals surface area contributed by atoms with Gasteiger partial charge in [0, 0.05) is 32.1 Å². The average molecular weight is 434 g/mol. The van der Waals surface area contributed by atoms with E-state index in [1.807, 2.05) is 0 Å². The fraction of sp³-hybridized carbons (Fsp3) is 0.556. The van der Waals surface area contributed by atoms with E-state index in [1.165, 1.54) is 29.6 Å². The summed E-state index contributed by atoms with van der Waals surface area (Å²) in [6, 6.07) is 4.11. The molecule has 3 N–H and O–H groups in total. The van der Waals surface area contributed by atoms with Gasteiger partial charge in [-0.2, -0.15) is 4.31 Å². The van der Waals surface area contributed by atoms with Crippen molar-refractivity contribution in [3.8, 4) is 0 Å². The van der Waals surface area contributed by atoms with Crippen LogP contribution in [0.3, 0.4) is 0 Å². The lowest BCUT2D eigenvalue weighted by Crippen LogP contribution is -2.49. The molecule has 2 rings (SSSR count). The van der Waals surface area contributed by atoms with E-state index in [2.05, 4.69) is 10.1 Å². The van der Waals surface area contributed by atoms with Gasteiger partial charge in [0.1, 0.15) is 0 Å². The lowest BCUT2D eigenvalue weighted by Gasteiger charge is -2.35. The van der Waals surface area contributed by atoms with Crippen molar-refractivity contribution < 1.29 is 22.7 Å². The second-order valence-electron chi connectivity index (χ2n) is 6.58. The number of piperidine rings is 1. The Balaban J connectivity index is 0.00000392. The summed E-state index contributed by atoms with van der Waals surface area (Å²) >= 11 is 0. The third-order valence-electron chi connectivity index (χ3n) is 4.66. The van der Waals surface area contributed by atoms with Crippen LogP contribution in [-0.4, -0.2) is 57.4 Å². The average Bonchev–Trinajstić information content (AvgIpc) is 2.65. The summed E-state index contributed by atoms with van der Waals surface area (Å²) in [5.41, 5.74) is 6.16. The van der Waals surface area contributed by atoms with Gasteiger partial charge in [-0.25, -0.2) is 13.2 Å². The maximum Gasteiger partial charge on any atom is 0.337 e. The first kappa shape index (κ1) is 24.4. The van der Waals surface area contributed by atoms with Crippen molar-refractivity contribution in [1.82, 2.24) is 9.62 Å². The number of hydrogen-bond acceptors (Lipinski definition) is 6. The second-order valence-corrected chi connectivity index (χ2v) is 8.44. The number of nitrogens with two attached hydrogens (primary N) is 1. The van der Waals surface area contributed by atoms with Gasteiger partial charge in [-0.05, 0) is 43.5 Å². The van der Waals surface area contributed by atoms with Crippen molar-refractivity contribution in [1.29, 1.82) is 0 Å². The first-order valence-corrected chi connectivity index (χ1v) is 10.4. The van der Waals surface area contributed by atoms with Gasteiger partial charge in [0.15, 0.2) is 0 Å². The number of sulfonamides is 1. The number of amides is 1. The molecule has 0 saturated carbocycles. The lowest BCUT2D eigenvalue weighted by atomic mass is 10.1. The van der Waals surface area contributed by atoms with Crippen molar-refractivity contribution in [3.63, 3.8) is 0 Å². The number of esters is 1. The molecule has 0 bridgehead atoms. The van der Waals surface area contributed by atoms with Gasteiger partial charge >= 0.3 is 5.97 Å². The van der Waals surface area contributed by atoms with Gasteiger partial charge in [-0.3, -0.25) is 4.79 Å². The minimum atomic E-state index is -3.75. The van der Waals surface area contributed by atoms with E-state index < -0.39 is 16.0 Å². The van der Waals surface area contributed by atoms with Crippen LogP contribution in [0.4, 0.5) is 0 Å². The molecule has 1 saturated heterocycles. The van der Waals surface area contributed by atoms with Crippen molar-refractivity contribution in [2.75, 3.05) is 26.7 Å². The Labute approximate surface area is 172 Å². The number of methoxy groups -OCH3 is 1. The standard InChI is InChI=1S/C18H27N3O5S.ClH/c1-13-11-14(18(23)26-2)6-7-16(13)27(24,25)21-10-4-3-5-15(21)12-20-17(22)8-9-19;/h6-7,11,15H,3-5,8-10,12,19H2,1-2H3,(H,20,22);1H. The third kappa shape index (κ3) is 5.66. The first-order chi connectivity index (χ1) is 12.8. The highest BCUT2D eigenvalue weighted by atomic mass is 35.5. The predicted molar refractivity (Wildman–Crippen MR) is 108 cm³/mol. The van der Waals surface area contributed by atoms with Gasteiger partial charge < -0.3 is 15.8 Å². The number of carbonyl (C=O) groups excluding carboxylic acids is 2. The van der Waals surface area contributed by atoms with Crippen LogP contribution >= 0.6 is 12.4 Å². The molecule has 0 spiro atoms. The van der Waals surface area contributed by atoms with Gasteiger partial charge in [0.2, 0.25) is 15.9 Å². The number of carbonyl (C=O) groups is 2. The van der Waals surface area contributed by atoms with E-state index in [4.69, 9.17) is 5.73 Å². The molecule has 1 aromatic carbocycles. The predicted octanol–water partition coefficient (Wildman–Crippen LogP) is 1.21. The first-order valence-electron chi connectivity index (χ1n) is 8.98. The largest absolute Gasteiger partial charge is 0.465 e. The van der Waals surface area contributed by atoms with Crippen LogP contribution in [0.5, 0.6) is 0 Å². The van der Waals surface area contributed by atoms with Gasteiger partial charge in [-0.15, -0.1) is 12.4 Å². The molecular formula is C18H28ClN3O5S. The quantitative estimate of drug-likeness (QED) is 0.624. The molecule has 8 nitrogen and oxygen atoms in total. The van der Waals surface area contributed by atoms with E-state index in [9.17, 15) is 18.0 Å². The maximum atomic E-state index is 13.2. The molecule has 1 aliphatic rings. The number of halogens is 1. The van der Waals surface area contributed by atoms with E-state index >= 15 is 0 Å². The van der Waals surface area contributed by atoms with E-state index in [0.717, 1.165) is 12.8 Å². The third-order valence-corrected chi connectivity index (χ3v) is 6.77. The minimum Gasteiger partial charge on any atom is -0.465 e. The number of ether oxygens (including phenoxy) is 1. The summed E-state index contributed by atoms with van der Waals surface area (Å²) < 4.78 is 32.6. The van der Waals surface area contributed by atoms with Crippen LogP contribution in [0.25, 0.3) is 0 Å². The smallest absolute Gasteiger partial charge is 0.337 e. The van der Waals surface area contributed by atoms with E-state index in [-0.39, 0.29) is 48.8 Å². The van der Waals surface area contributed by atoms with E-state index in [1.54, 1.807) is 6.92 Å². The van der Waals surface area contributed by atoms with Gasteiger partial charge in [-0.1, -0.05) is 6.42 Å². The van der Waals surface area contributed by atoms with Crippen LogP contribution in [0, 0.1) is 6.92 Å². The molecule has 1 heterocycles. The van der Waals surface area contributed by atoms with E-state index in [0.29, 0.717) is 24.1 Å². The Bertz CT molecular complexity index is 800. The molecule has 1 amide bonds. The summed E-state index contributed by atoms with van der Waals surface area (Å²) in [7, 11) is -2.47. The molecule has 1 aromatic rings. The summed E-state index contributed by atoms with van der Waals surface area (Å²) in [6.07, 6.45) is 2.57. The Morgan fingerprint density at radius 1 is 1.32 bits per heavy atom. The molecule has 1 aliphatic heterocycles. The van der Waals surface area contributed by atoms with Crippen LogP contribution < -0.4 is 11.1 Å². The van der Waals surface area contributed by atoms with Crippen LogP contribution in [-0.2, 0) is 19.6 Å². The maximum absolute atomic E-state index is 13.2. The minimum absolute atomic E-state index is 0. The zero-order valence-electron chi connectivity index (χ0n) is 16.1. The summed E-state index contributed by atoms with van der Waals surface area (Å²) in [5, 5.41) is 2.77. The molecular weight excluding hydrogens is 406 g/mol. The monoisotopic (exact) mass is 433 g/mol. The van der Waals surface area contributed by atoms with Crippen LogP contribution in [0.1, 0.15) is 41.6 Å². The molecule has 1 unspecified atom stereocenters. The van der Waals surface area contributed by atoms with Crippen molar-refractivity contribution in [3.05, 3.63) is 29.3 Å². The number of benzene rings is 1. The molecule has 0 radical (unpaired) electrons. The lowest BCUT2D eigenvalue weighted by molar-refractivity contribution is -0.121. The molecule has 0 aliphatic carbocycles. The van der Waals surface area contributed by atoms with Crippen molar-refractivity contribution in [2.24, 2.45) is 5.73 Å². The fourth-order valence-corrected chi connectivity index (χ4v) is 5.16. The summed E-state index contributed by atoms with van der Waals surface area (Å²) in [6.45, 7) is 2.57. The van der Waals surface area contributed by atoms with Crippen molar-refractivity contribution >= 4 is 34.3 Å². The number of rotatable bonds is 7. The van der Waals surface area contributed by atoms with Gasteiger partial charge in [0.05, 0.1) is 17.6 Å². The normalized spacial score (nSPS) is 17.5. The topological polar surface area (TPSA) is 119 Å². The fourth-order valence-electron chi connectivity index (χ4n) is 3.26. The zero-order chi connectivity index (χ0) is 20.0. The second kappa shape index (κ2) is 10.8. The van der Waals surface area contributed by atoms with Gasteiger partial charge in [0.25, 0.3) is 0 Å². The Hall–Kier alpha value is -1.68. The highest BCUT2D eigenvalue weighted by molar-refractivity contribution is 7.89. The summed E-state index contributed by atoms with van der Waals surface area (Å²) in [4.78, 5) is 23.5. The Morgan fingerprint density at radius 3 is 2.64 bits per heavy atom. The number of nitrogens with one attached hydrogen (secondary N) is 1. The molecule has 10 heteroatoms. The highest BCUT2D eigenvalue weighted by Gasteiger charge is 2.34. The SMILES string of the molecule is COC(=O)c1ccc(S(=O)(=O)N2CCCCC2CNC(=O)CCN)c(C)c1.Cl. The number of aryl methyl sites for hydroxylation is 1. The highest BCUT2D eigenvalue weighted by Crippen LogP contribution is 2.27. The van der Waals surface area contributed by atoms with Crippen LogP contribution in [0.15, 0.2) is 23.1 Å². The van der Waals surface area contributed by atoms with Crippen LogP contribution in [0.2, 0.25) is 0 Å². The molecule has 0 aromatic heterocycles. The summed E-state index contributed by atoms with van der Waals surface area (Å²) in [5.74, 6) is -0.695. The van der Waals surface area contributed by atoms with Crippen molar-refractivity contribution in [2.45, 2.75) is 43.5 Å².